The molecule has 2 fully saturated rings. The number of hydrogen-bond acceptors (Lipinski definition) is 3. The molecule has 1 aromatic rings. The van der Waals surface area contributed by atoms with E-state index in [4.69, 9.17) is 4.42 Å². The van der Waals surface area contributed by atoms with Gasteiger partial charge >= 0.3 is 0 Å². The summed E-state index contributed by atoms with van der Waals surface area (Å²) < 4.78 is 5.89. The molecule has 1 aromatic heterocycles. The van der Waals surface area contributed by atoms with Crippen molar-refractivity contribution in [2.24, 2.45) is 5.92 Å². The molecule has 0 bridgehead atoms. The van der Waals surface area contributed by atoms with Crippen LogP contribution in [0.1, 0.15) is 55.5 Å². The zero-order valence-corrected chi connectivity index (χ0v) is 14.8. The molecule has 2 aliphatic rings. The molecule has 126 valence electrons. The lowest BCUT2D eigenvalue weighted by atomic mass is 9.88. The lowest BCUT2D eigenvalue weighted by molar-refractivity contribution is -0.126. The van der Waals surface area contributed by atoms with Crippen molar-refractivity contribution >= 4 is 27.7 Å². The molecule has 1 saturated carbocycles. The number of nitrogens with zero attached hydrogens (tertiary/aromatic N) is 1. The van der Waals surface area contributed by atoms with Gasteiger partial charge in [0.25, 0.3) is 5.91 Å². The van der Waals surface area contributed by atoms with Crippen LogP contribution in [0.2, 0.25) is 0 Å². The highest BCUT2D eigenvalue weighted by Crippen LogP contribution is 2.24. The van der Waals surface area contributed by atoms with E-state index in [2.05, 4.69) is 21.2 Å². The number of carbonyl (C=O) groups is 2. The third-order valence-corrected chi connectivity index (χ3v) is 5.31. The van der Waals surface area contributed by atoms with Crippen molar-refractivity contribution in [3.8, 4) is 0 Å². The van der Waals surface area contributed by atoms with E-state index in [-0.39, 0.29) is 23.8 Å². The number of amides is 2. The van der Waals surface area contributed by atoms with E-state index in [0.717, 1.165) is 25.7 Å². The topological polar surface area (TPSA) is 62.6 Å². The van der Waals surface area contributed by atoms with Crippen molar-refractivity contribution in [3.05, 3.63) is 22.6 Å². The molecule has 3 rings (SSSR count). The van der Waals surface area contributed by atoms with Gasteiger partial charge in [0.05, 0.1) is 0 Å². The third kappa shape index (κ3) is 4.16. The average molecular weight is 383 g/mol. The van der Waals surface area contributed by atoms with Gasteiger partial charge in [-0.2, -0.15) is 0 Å². The van der Waals surface area contributed by atoms with Crippen molar-refractivity contribution in [3.63, 3.8) is 0 Å². The smallest absolute Gasteiger partial charge is 0.289 e. The summed E-state index contributed by atoms with van der Waals surface area (Å²) in [6.45, 7) is 1.32. The standard InChI is InChI=1S/C17H23BrN2O3/c18-15-7-6-14(23-15)17(22)20-10-8-13(9-11-20)19-16(21)12-4-2-1-3-5-12/h6-7,12-13H,1-5,8-11H2,(H,19,21). The SMILES string of the molecule is O=C(NC1CCN(C(=O)c2ccc(Br)o2)CC1)C1CCCCC1. The highest BCUT2D eigenvalue weighted by atomic mass is 79.9. The number of nitrogens with one attached hydrogen (secondary N) is 1. The van der Waals surface area contributed by atoms with Crippen LogP contribution in [-0.2, 0) is 4.79 Å². The molecule has 2 heterocycles. The fourth-order valence-electron chi connectivity index (χ4n) is 3.50. The summed E-state index contributed by atoms with van der Waals surface area (Å²) in [5, 5.41) is 3.18. The van der Waals surface area contributed by atoms with Crippen LogP contribution in [0.4, 0.5) is 0 Å². The Morgan fingerprint density at radius 1 is 1.09 bits per heavy atom. The Labute approximate surface area is 144 Å². The zero-order chi connectivity index (χ0) is 16.2. The van der Waals surface area contributed by atoms with E-state index < -0.39 is 0 Å². The first kappa shape index (κ1) is 16.6. The number of carbonyl (C=O) groups excluding carboxylic acids is 2. The first-order valence-corrected chi connectivity index (χ1v) is 9.28. The molecule has 1 aliphatic heterocycles. The largest absolute Gasteiger partial charge is 0.444 e. The second-order valence-corrected chi connectivity index (χ2v) is 7.30. The van der Waals surface area contributed by atoms with Crippen LogP contribution >= 0.6 is 15.9 Å². The van der Waals surface area contributed by atoms with Crippen molar-refractivity contribution in [2.45, 2.75) is 51.0 Å². The lowest BCUT2D eigenvalue weighted by Gasteiger charge is -2.33. The predicted octanol–water partition coefficient (Wildman–Crippen LogP) is 3.34. The Balaban J connectivity index is 1.46. The maximum atomic E-state index is 12.3. The quantitative estimate of drug-likeness (QED) is 0.871. The molecule has 1 aliphatic carbocycles. The summed E-state index contributed by atoms with van der Waals surface area (Å²) in [5.41, 5.74) is 0. The van der Waals surface area contributed by atoms with E-state index in [1.165, 1.54) is 19.3 Å². The summed E-state index contributed by atoms with van der Waals surface area (Å²) in [5.74, 6) is 0.697. The molecule has 0 radical (unpaired) electrons. The Morgan fingerprint density at radius 2 is 1.78 bits per heavy atom. The van der Waals surface area contributed by atoms with Crippen LogP contribution in [0.5, 0.6) is 0 Å². The lowest BCUT2D eigenvalue weighted by Crippen LogP contribution is -2.48. The molecule has 0 unspecified atom stereocenters. The molecule has 1 N–H and O–H groups in total. The van der Waals surface area contributed by atoms with Gasteiger partial charge < -0.3 is 14.6 Å². The van der Waals surface area contributed by atoms with Crippen molar-refractivity contribution < 1.29 is 14.0 Å². The zero-order valence-electron chi connectivity index (χ0n) is 13.2. The summed E-state index contributed by atoms with van der Waals surface area (Å²) in [6.07, 6.45) is 7.27. The van der Waals surface area contributed by atoms with Crippen LogP contribution in [0, 0.1) is 5.92 Å². The minimum atomic E-state index is -0.0762. The number of piperidine rings is 1. The minimum Gasteiger partial charge on any atom is -0.444 e. The van der Waals surface area contributed by atoms with Gasteiger partial charge in [-0.1, -0.05) is 19.3 Å². The minimum absolute atomic E-state index is 0.0762. The van der Waals surface area contributed by atoms with Gasteiger partial charge in [0.2, 0.25) is 5.91 Å². The predicted molar refractivity (Wildman–Crippen MR) is 90.1 cm³/mol. The number of hydrogen-bond donors (Lipinski definition) is 1. The molecular formula is C17H23BrN2O3. The average Bonchev–Trinajstić information content (AvgIpc) is 3.02. The fourth-order valence-corrected chi connectivity index (χ4v) is 3.80. The van der Waals surface area contributed by atoms with Crippen LogP contribution in [0.15, 0.2) is 21.2 Å². The van der Waals surface area contributed by atoms with Gasteiger partial charge in [-0.25, -0.2) is 0 Å². The van der Waals surface area contributed by atoms with Gasteiger partial charge in [0.1, 0.15) is 0 Å². The molecule has 0 atom stereocenters. The summed E-state index contributed by atoms with van der Waals surface area (Å²) >= 11 is 3.21. The molecule has 2 amide bonds. The molecule has 1 saturated heterocycles. The number of furan rings is 1. The molecule has 0 spiro atoms. The van der Waals surface area contributed by atoms with Gasteiger partial charge in [-0.3, -0.25) is 9.59 Å². The van der Waals surface area contributed by atoms with Crippen molar-refractivity contribution in [2.75, 3.05) is 13.1 Å². The molecule has 6 heteroatoms. The van der Waals surface area contributed by atoms with Gasteiger partial charge in [-0.15, -0.1) is 0 Å². The maximum absolute atomic E-state index is 12.3. The number of likely N-dealkylation sites (tertiary alicyclic amines) is 1. The Hall–Kier alpha value is -1.30. The second kappa shape index (κ2) is 7.51. The Bertz CT molecular complexity index is 558. The van der Waals surface area contributed by atoms with E-state index in [0.29, 0.717) is 23.5 Å². The van der Waals surface area contributed by atoms with Gasteiger partial charge in [0.15, 0.2) is 10.4 Å². The van der Waals surface area contributed by atoms with Gasteiger partial charge in [-0.05, 0) is 53.7 Å². The van der Waals surface area contributed by atoms with Crippen molar-refractivity contribution in [1.82, 2.24) is 10.2 Å². The molecular weight excluding hydrogens is 360 g/mol. The maximum Gasteiger partial charge on any atom is 0.289 e. The normalized spacial score (nSPS) is 20.5. The van der Waals surface area contributed by atoms with Crippen LogP contribution in [-0.4, -0.2) is 35.8 Å². The van der Waals surface area contributed by atoms with E-state index in [1.54, 1.807) is 17.0 Å². The van der Waals surface area contributed by atoms with Crippen molar-refractivity contribution in [1.29, 1.82) is 0 Å². The van der Waals surface area contributed by atoms with E-state index in [1.807, 2.05) is 0 Å². The molecule has 0 aromatic carbocycles. The van der Waals surface area contributed by atoms with E-state index >= 15 is 0 Å². The Kier molecular flexibility index (Phi) is 5.41. The number of halogens is 1. The monoisotopic (exact) mass is 382 g/mol. The molecule has 5 nitrogen and oxygen atoms in total. The fraction of sp³-hybridized carbons (Fsp3) is 0.647. The van der Waals surface area contributed by atoms with Crippen LogP contribution < -0.4 is 5.32 Å². The third-order valence-electron chi connectivity index (χ3n) is 4.89. The highest BCUT2D eigenvalue weighted by Gasteiger charge is 2.28. The first-order valence-electron chi connectivity index (χ1n) is 8.48. The van der Waals surface area contributed by atoms with E-state index in [9.17, 15) is 9.59 Å². The Morgan fingerprint density at radius 3 is 2.39 bits per heavy atom. The summed E-state index contributed by atoms with van der Waals surface area (Å²) in [6, 6.07) is 3.60. The molecule has 23 heavy (non-hydrogen) atoms. The summed E-state index contributed by atoms with van der Waals surface area (Å²) in [7, 11) is 0. The number of rotatable bonds is 3. The summed E-state index contributed by atoms with van der Waals surface area (Å²) in [4.78, 5) is 26.4. The van der Waals surface area contributed by atoms with Crippen LogP contribution in [0.25, 0.3) is 0 Å². The highest BCUT2D eigenvalue weighted by molar-refractivity contribution is 9.10. The first-order chi connectivity index (χ1) is 11.1. The van der Waals surface area contributed by atoms with Gasteiger partial charge in [0, 0.05) is 25.0 Å². The van der Waals surface area contributed by atoms with Crippen LogP contribution in [0.3, 0.4) is 0 Å². The second-order valence-electron chi connectivity index (χ2n) is 6.51.